The van der Waals surface area contributed by atoms with Gasteiger partial charge in [0.1, 0.15) is 5.75 Å². The van der Waals surface area contributed by atoms with Gasteiger partial charge in [0.2, 0.25) is 0 Å². The third kappa shape index (κ3) is 4.16. The minimum absolute atomic E-state index is 0.226. The Balaban J connectivity index is 2.17. The number of benzene rings is 1. The average molecular weight is 318 g/mol. The number of hydrogen-bond donors (Lipinski definition) is 2. The Hall–Kier alpha value is -1.75. The van der Waals surface area contributed by atoms with E-state index in [9.17, 15) is 5.11 Å². The molecule has 0 aliphatic carbocycles. The van der Waals surface area contributed by atoms with Crippen LogP contribution in [-0.2, 0) is 6.54 Å². The largest absolute Gasteiger partial charge is 0.508 e. The highest BCUT2D eigenvalue weighted by Crippen LogP contribution is 2.25. The van der Waals surface area contributed by atoms with E-state index < -0.39 is 0 Å². The molecule has 0 saturated carbocycles. The minimum Gasteiger partial charge on any atom is -0.508 e. The van der Waals surface area contributed by atoms with Crippen LogP contribution in [0.3, 0.4) is 0 Å². The van der Waals surface area contributed by atoms with Crippen molar-refractivity contribution < 1.29 is 5.11 Å². The fourth-order valence-electron chi connectivity index (χ4n) is 3.37. The first kappa shape index (κ1) is 17.6. The maximum absolute atomic E-state index is 9.62. The molecule has 128 valence electrons. The van der Waals surface area contributed by atoms with E-state index in [2.05, 4.69) is 37.7 Å². The number of nitrogens with two attached hydrogens (primary N) is 1. The van der Waals surface area contributed by atoms with Gasteiger partial charge in [0, 0.05) is 18.0 Å². The fourth-order valence-corrected chi connectivity index (χ4v) is 3.37. The van der Waals surface area contributed by atoms with E-state index >= 15 is 0 Å². The lowest BCUT2D eigenvalue weighted by atomic mass is 9.99. The molecule has 3 N–H and O–H groups in total. The summed E-state index contributed by atoms with van der Waals surface area (Å²) in [5, 5.41) is 14.9. The molecule has 0 spiro atoms. The van der Waals surface area contributed by atoms with Crippen molar-refractivity contribution in [3.8, 4) is 5.75 Å². The van der Waals surface area contributed by atoms with Gasteiger partial charge in [-0.2, -0.15) is 5.10 Å². The van der Waals surface area contributed by atoms with Crippen LogP contribution in [0.15, 0.2) is 18.2 Å². The highest BCUT2D eigenvalue weighted by Gasteiger charge is 2.18. The van der Waals surface area contributed by atoms with Crippen molar-refractivity contribution in [2.45, 2.75) is 53.1 Å². The van der Waals surface area contributed by atoms with Crippen molar-refractivity contribution in [2.75, 3.05) is 18.8 Å². The molecule has 0 aliphatic heterocycles. The first-order chi connectivity index (χ1) is 11.0. The lowest BCUT2D eigenvalue weighted by Crippen LogP contribution is -2.36. The third-order valence-electron chi connectivity index (χ3n) is 4.51. The molecule has 1 aromatic heterocycles. The van der Waals surface area contributed by atoms with Gasteiger partial charge < -0.3 is 15.7 Å². The van der Waals surface area contributed by atoms with Gasteiger partial charge in [-0.1, -0.05) is 27.7 Å². The summed E-state index contributed by atoms with van der Waals surface area (Å²) >= 11 is 0. The average Bonchev–Trinajstić information content (AvgIpc) is 2.81. The van der Waals surface area contributed by atoms with Gasteiger partial charge in [-0.15, -0.1) is 0 Å². The zero-order valence-corrected chi connectivity index (χ0v) is 14.8. The number of anilines is 1. The third-order valence-corrected chi connectivity index (χ3v) is 4.51. The summed E-state index contributed by atoms with van der Waals surface area (Å²) in [5.74, 6) is 1.39. The molecule has 1 atom stereocenters. The second-order valence-corrected chi connectivity index (χ2v) is 6.60. The van der Waals surface area contributed by atoms with Crippen LogP contribution in [0.4, 0.5) is 5.82 Å². The summed E-state index contributed by atoms with van der Waals surface area (Å²) in [6, 6.07) is 5.82. The Kier molecular flexibility index (Phi) is 5.88. The number of nitrogen functional groups attached to an aromatic ring is 1. The normalized spacial score (nSPS) is 13.3. The number of fused-ring (bicyclic) bond motifs is 1. The van der Waals surface area contributed by atoms with E-state index in [-0.39, 0.29) is 5.75 Å². The molecule has 2 rings (SSSR count). The smallest absolute Gasteiger partial charge is 0.153 e. The van der Waals surface area contributed by atoms with Crippen molar-refractivity contribution in [3.63, 3.8) is 0 Å². The van der Waals surface area contributed by atoms with Gasteiger partial charge in [0.25, 0.3) is 0 Å². The number of rotatable bonds is 8. The number of nitrogens with zero attached hydrogens (tertiary/aromatic N) is 3. The van der Waals surface area contributed by atoms with Crippen LogP contribution in [0.1, 0.15) is 40.5 Å². The van der Waals surface area contributed by atoms with Crippen molar-refractivity contribution in [1.29, 1.82) is 0 Å². The predicted octanol–water partition coefficient (Wildman–Crippen LogP) is 3.47. The van der Waals surface area contributed by atoms with Crippen LogP contribution in [-0.4, -0.2) is 38.9 Å². The second-order valence-electron chi connectivity index (χ2n) is 6.60. The Bertz CT molecular complexity index is 631. The SMILES string of the molecule is CCN(CC)C(CCn1nc(N)c2cc(O)ccc21)CC(C)C. The Morgan fingerprint density at radius 3 is 2.57 bits per heavy atom. The first-order valence-electron chi connectivity index (χ1n) is 8.65. The second kappa shape index (κ2) is 7.68. The van der Waals surface area contributed by atoms with Crippen molar-refractivity contribution in [3.05, 3.63) is 18.2 Å². The van der Waals surface area contributed by atoms with Gasteiger partial charge in [0.05, 0.1) is 5.52 Å². The van der Waals surface area contributed by atoms with Gasteiger partial charge in [-0.05, 0) is 50.0 Å². The molecule has 0 bridgehead atoms. The maximum Gasteiger partial charge on any atom is 0.153 e. The van der Waals surface area contributed by atoms with E-state index in [0.717, 1.165) is 37.0 Å². The molecule has 0 amide bonds. The molecule has 0 fully saturated rings. The molecule has 1 aromatic carbocycles. The molecule has 2 aromatic rings. The molecule has 1 unspecified atom stereocenters. The highest BCUT2D eigenvalue weighted by molar-refractivity contribution is 5.90. The number of phenols is 1. The summed E-state index contributed by atoms with van der Waals surface area (Å²) in [6.07, 6.45) is 2.24. The molecule has 5 nitrogen and oxygen atoms in total. The van der Waals surface area contributed by atoms with Crippen LogP contribution in [0, 0.1) is 5.92 Å². The quantitative estimate of drug-likeness (QED) is 0.782. The van der Waals surface area contributed by atoms with Crippen LogP contribution < -0.4 is 5.73 Å². The summed E-state index contributed by atoms with van der Waals surface area (Å²) in [7, 11) is 0. The van der Waals surface area contributed by atoms with Crippen LogP contribution in [0.5, 0.6) is 5.75 Å². The molecule has 0 aliphatic rings. The number of phenolic OH excluding ortho intramolecular Hbond substituents is 1. The highest BCUT2D eigenvalue weighted by atomic mass is 16.3. The number of aromatic nitrogens is 2. The van der Waals surface area contributed by atoms with Crippen molar-refractivity contribution >= 4 is 16.7 Å². The first-order valence-corrected chi connectivity index (χ1v) is 8.65. The standard InChI is InChI=1S/C18H30N4O/c1-5-21(6-2)14(11-13(3)4)9-10-22-17-8-7-15(23)12-16(17)18(19)20-22/h7-8,12-14,23H,5-6,9-11H2,1-4H3,(H2,19,20). The fraction of sp³-hybridized carbons (Fsp3) is 0.611. The summed E-state index contributed by atoms with van der Waals surface area (Å²) in [4.78, 5) is 2.53. The van der Waals surface area contributed by atoms with Crippen LogP contribution in [0.2, 0.25) is 0 Å². The lowest BCUT2D eigenvalue weighted by molar-refractivity contribution is 0.174. The van der Waals surface area contributed by atoms with E-state index in [4.69, 9.17) is 5.73 Å². The molecular formula is C18H30N4O. The molecule has 23 heavy (non-hydrogen) atoms. The molecule has 5 heteroatoms. The summed E-state index contributed by atoms with van der Waals surface area (Å²) < 4.78 is 1.97. The lowest BCUT2D eigenvalue weighted by Gasteiger charge is -2.31. The molecule has 0 saturated heterocycles. The minimum atomic E-state index is 0.226. The number of aromatic hydroxyl groups is 1. The van der Waals surface area contributed by atoms with E-state index in [0.29, 0.717) is 17.8 Å². The summed E-state index contributed by atoms with van der Waals surface area (Å²) in [5.41, 5.74) is 6.98. The predicted molar refractivity (Wildman–Crippen MR) is 96.6 cm³/mol. The Labute approximate surface area is 139 Å². The molecular weight excluding hydrogens is 288 g/mol. The zero-order chi connectivity index (χ0) is 17.0. The van der Waals surface area contributed by atoms with Gasteiger partial charge in [0.15, 0.2) is 5.82 Å². The van der Waals surface area contributed by atoms with E-state index in [1.165, 1.54) is 6.42 Å². The van der Waals surface area contributed by atoms with Gasteiger partial charge in [-0.3, -0.25) is 4.68 Å². The zero-order valence-electron chi connectivity index (χ0n) is 14.8. The van der Waals surface area contributed by atoms with E-state index in [1.807, 2.05) is 10.7 Å². The summed E-state index contributed by atoms with van der Waals surface area (Å²) in [6.45, 7) is 12.0. The van der Waals surface area contributed by atoms with Gasteiger partial charge in [-0.25, -0.2) is 0 Å². The Morgan fingerprint density at radius 2 is 1.96 bits per heavy atom. The monoisotopic (exact) mass is 318 g/mol. The van der Waals surface area contributed by atoms with Crippen LogP contribution >= 0.6 is 0 Å². The number of hydrogen-bond acceptors (Lipinski definition) is 4. The molecule has 1 heterocycles. The van der Waals surface area contributed by atoms with Gasteiger partial charge >= 0.3 is 0 Å². The van der Waals surface area contributed by atoms with Crippen molar-refractivity contribution in [1.82, 2.24) is 14.7 Å². The topological polar surface area (TPSA) is 67.3 Å². The number of aryl methyl sites for hydroxylation is 1. The molecule has 0 radical (unpaired) electrons. The Morgan fingerprint density at radius 1 is 1.26 bits per heavy atom. The van der Waals surface area contributed by atoms with Crippen molar-refractivity contribution in [2.24, 2.45) is 5.92 Å². The van der Waals surface area contributed by atoms with Crippen LogP contribution in [0.25, 0.3) is 10.9 Å². The van der Waals surface area contributed by atoms with E-state index in [1.54, 1.807) is 12.1 Å². The maximum atomic E-state index is 9.62.